The van der Waals surface area contributed by atoms with E-state index in [0.717, 1.165) is 5.56 Å². The standard InChI is InChI=1S/C15H16O2S/c1-12(13-6-4-3-5-7-13)14-8-10-15(11-9-14)18(2,16)17/h3-12H,1-2H3. The molecular weight excluding hydrogens is 244 g/mol. The van der Waals surface area contributed by atoms with Crippen LogP contribution in [0.3, 0.4) is 0 Å². The molecule has 1 atom stereocenters. The van der Waals surface area contributed by atoms with E-state index in [0.29, 0.717) is 4.90 Å². The van der Waals surface area contributed by atoms with E-state index in [1.807, 2.05) is 30.3 Å². The number of benzene rings is 2. The van der Waals surface area contributed by atoms with Crippen molar-refractivity contribution in [3.05, 3.63) is 65.7 Å². The minimum Gasteiger partial charge on any atom is -0.224 e. The third-order valence-electron chi connectivity index (χ3n) is 3.11. The van der Waals surface area contributed by atoms with Crippen molar-refractivity contribution < 1.29 is 8.42 Å². The van der Waals surface area contributed by atoms with Crippen molar-refractivity contribution in [2.24, 2.45) is 0 Å². The van der Waals surface area contributed by atoms with Crippen LogP contribution in [-0.2, 0) is 9.84 Å². The van der Waals surface area contributed by atoms with Gasteiger partial charge in [-0.3, -0.25) is 0 Å². The summed E-state index contributed by atoms with van der Waals surface area (Å²) in [6, 6.07) is 17.3. The highest BCUT2D eigenvalue weighted by atomic mass is 32.2. The molecule has 0 fully saturated rings. The van der Waals surface area contributed by atoms with Crippen LogP contribution < -0.4 is 0 Å². The first-order valence-electron chi connectivity index (χ1n) is 5.83. The molecule has 0 bridgehead atoms. The van der Waals surface area contributed by atoms with Gasteiger partial charge < -0.3 is 0 Å². The average molecular weight is 260 g/mol. The highest BCUT2D eigenvalue weighted by molar-refractivity contribution is 7.90. The summed E-state index contributed by atoms with van der Waals surface area (Å²) < 4.78 is 22.8. The van der Waals surface area contributed by atoms with E-state index in [2.05, 4.69) is 19.1 Å². The van der Waals surface area contributed by atoms with E-state index in [-0.39, 0.29) is 5.92 Å². The third-order valence-corrected chi connectivity index (χ3v) is 4.24. The quantitative estimate of drug-likeness (QED) is 0.849. The second kappa shape index (κ2) is 4.94. The predicted octanol–water partition coefficient (Wildman–Crippen LogP) is 3.24. The maximum absolute atomic E-state index is 11.4. The van der Waals surface area contributed by atoms with Crippen molar-refractivity contribution in [1.29, 1.82) is 0 Å². The Kier molecular flexibility index (Phi) is 3.53. The molecule has 0 radical (unpaired) electrons. The fourth-order valence-corrected chi connectivity index (χ4v) is 2.57. The molecule has 0 N–H and O–H groups in total. The molecule has 0 aliphatic heterocycles. The van der Waals surface area contributed by atoms with Gasteiger partial charge in [0.05, 0.1) is 4.90 Å². The first-order valence-corrected chi connectivity index (χ1v) is 7.72. The summed E-state index contributed by atoms with van der Waals surface area (Å²) in [4.78, 5) is 0.367. The lowest BCUT2D eigenvalue weighted by molar-refractivity contribution is 0.602. The van der Waals surface area contributed by atoms with Crippen LogP contribution in [0.15, 0.2) is 59.5 Å². The van der Waals surface area contributed by atoms with Gasteiger partial charge in [0.15, 0.2) is 9.84 Å². The first-order chi connectivity index (χ1) is 8.48. The summed E-state index contributed by atoms with van der Waals surface area (Å²) in [7, 11) is -3.11. The van der Waals surface area contributed by atoms with Crippen molar-refractivity contribution in [1.82, 2.24) is 0 Å². The van der Waals surface area contributed by atoms with Gasteiger partial charge in [-0.25, -0.2) is 8.42 Å². The van der Waals surface area contributed by atoms with Gasteiger partial charge >= 0.3 is 0 Å². The topological polar surface area (TPSA) is 34.1 Å². The minimum atomic E-state index is -3.11. The van der Waals surface area contributed by atoms with Gasteiger partial charge in [-0.2, -0.15) is 0 Å². The summed E-state index contributed by atoms with van der Waals surface area (Å²) in [5.74, 6) is 0.264. The highest BCUT2D eigenvalue weighted by Crippen LogP contribution is 2.24. The number of sulfone groups is 1. The zero-order valence-corrected chi connectivity index (χ0v) is 11.3. The first kappa shape index (κ1) is 12.8. The number of rotatable bonds is 3. The molecule has 2 aromatic rings. The van der Waals surface area contributed by atoms with Crippen molar-refractivity contribution in [2.75, 3.05) is 6.26 Å². The molecule has 1 unspecified atom stereocenters. The van der Waals surface area contributed by atoms with Crippen molar-refractivity contribution in [2.45, 2.75) is 17.7 Å². The average Bonchev–Trinajstić information content (AvgIpc) is 2.38. The Morgan fingerprint density at radius 2 is 1.33 bits per heavy atom. The molecule has 2 rings (SSSR count). The lowest BCUT2D eigenvalue weighted by atomic mass is 9.93. The molecular formula is C15H16O2S. The third kappa shape index (κ3) is 2.79. The summed E-state index contributed by atoms with van der Waals surface area (Å²) in [5, 5.41) is 0. The fraction of sp³-hybridized carbons (Fsp3) is 0.200. The molecule has 0 aliphatic carbocycles. The zero-order chi connectivity index (χ0) is 13.2. The van der Waals surface area contributed by atoms with E-state index >= 15 is 0 Å². The smallest absolute Gasteiger partial charge is 0.175 e. The molecule has 0 saturated heterocycles. The lowest BCUT2D eigenvalue weighted by Crippen LogP contribution is -1.99. The highest BCUT2D eigenvalue weighted by Gasteiger charge is 2.10. The Morgan fingerprint density at radius 3 is 1.83 bits per heavy atom. The Labute approximate surface area is 108 Å². The van der Waals surface area contributed by atoms with E-state index in [1.165, 1.54) is 11.8 Å². The van der Waals surface area contributed by atoms with Gasteiger partial charge in [0.25, 0.3) is 0 Å². The van der Waals surface area contributed by atoms with Gasteiger partial charge in [0.1, 0.15) is 0 Å². The molecule has 0 aliphatic rings. The molecule has 0 spiro atoms. The summed E-state index contributed by atoms with van der Waals surface area (Å²) in [6.07, 6.45) is 1.22. The van der Waals surface area contributed by atoms with Crippen LogP contribution in [-0.4, -0.2) is 14.7 Å². The second-order valence-corrected chi connectivity index (χ2v) is 6.49. The summed E-state index contributed by atoms with van der Waals surface area (Å²) >= 11 is 0. The van der Waals surface area contributed by atoms with Crippen LogP contribution in [0.2, 0.25) is 0 Å². The fourth-order valence-electron chi connectivity index (χ4n) is 1.94. The Balaban J connectivity index is 2.31. The number of hydrogen-bond acceptors (Lipinski definition) is 2. The summed E-state index contributed by atoms with van der Waals surface area (Å²) in [6.45, 7) is 2.12. The van der Waals surface area contributed by atoms with Gasteiger partial charge in [0.2, 0.25) is 0 Å². The molecule has 3 heteroatoms. The molecule has 0 amide bonds. The van der Waals surface area contributed by atoms with Gasteiger partial charge in [-0.15, -0.1) is 0 Å². The SMILES string of the molecule is CC(c1ccccc1)c1ccc(S(C)(=O)=O)cc1. The molecule has 94 valence electrons. The van der Waals surface area contributed by atoms with E-state index in [9.17, 15) is 8.42 Å². The van der Waals surface area contributed by atoms with Crippen LogP contribution in [0.25, 0.3) is 0 Å². The summed E-state index contributed by atoms with van der Waals surface area (Å²) in [5.41, 5.74) is 2.35. The molecule has 0 saturated carbocycles. The molecule has 0 aromatic heterocycles. The maximum atomic E-state index is 11.4. The lowest BCUT2D eigenvalue weighted by Gasteiger charge is -2.12. The predicted molar refractivity (Wildman–Crippen MR) is 73.5 cm³/mol. The number of hydrogen-bond donors (Lipinski definition) is 0. The Morgan fingerprint density at radius 1 is 0.833 bits per heavy atom. The second-order valence-electron chi connectivity index (χ2n) is 4.47. The van der Waals surface area contributed by atoms with Crippen LogP contribution in [0.1, 0.15) is 24.0 Å². The van der Waals surface area contributed by atoms with Crippen LogP contribution in [0, 0.1) is 0 Å². The monoisotopic (exact) mass is 260 g/mol. The Hall–Kier alpha value is -1.61. The normalized spacial score (nSPS) is 13.2. The van der Waals surface area contributed by atoms with Crippen molar-refractivity contribution >= 4 is 9.84 Å². The molecule has 2 nitrogen and oxygen atoms in total. The zero-order valence-electron chi connectivity index (χ0n) is 10.5. The van der Waals surface area contributed by atoms with E-state index < -0.39 is 9.84 Å². The minimum absolute atomic E-state index is 0.264. The molecule has 2 aromatic carbocycles. The largest absolute Gasteiger partial charge is 0.224 e. The van der Waals surface area contributed by atoms with Crippen LogP contribution >= 0.6 is 0 Å². The van der Waals surface area contributed by atoms with Crippen molar-refractivity contribution in [3.63, 3.8) is 0 Å². The molecule has 18 heavy (non-hydrogen) atoms. The van der Waals surface area contributed by atoms with Crippen molar-refractivity contribution in [3.8, 4) is 0 Å². The van der Waals surface area contributed by atoms with E-state index in [4.69, 9.17) is 0 Å². The molecule has 0 heterocycles. The van der Waals surface area contributed by atoms with Gasteiger partial charge in [-0.05, 0) is 23.3 Å². The van der Waals surface area contributed by atoms with Crippen LogP contribution in [0.5, 0.6) is 0 Å². The Bertz CT molecular complexity index is 613. The van der Waals surface area contributed by atoms with Gasteiger partial charge in [0, 0.05) is 12.2 Å². The van der Waals surface area contributed by atoms with Gasteiger partial charge in [-0.1, -0.05) is 49.4 Å². The van der Waals surface area contributed by atoms with Crippen LogP contribution in [0.4, 0.5) is 0 Å². The van der Waals surface area contributed by atoms with E-state index in [1.54, 1.807) is 12.1 Å². The maximum Gasteiger partial charge on any atom is 0.175 e.